The molecule has 6 aromatic carbocycles. The van der Waals surface area contributed by atoms with Crippen LogP contribution in [0.1, 0.15) is 123 Å². The molecule has 0 aliphatic heterocycles. The predicted octanol–water partition coefficient (Wildman–Crippen LogP) is 16.2. The maximum absolute atomic E-state index is 11.8. The fourth-order valence-electron chi connectivity index (χ4n) is 9.40. The van der Waals surface area contributed by atoms with Crippen LogP contribution >= 0.6 is 0 Å². The van der Waals surface area contributed by atoms with Crippen LogP contribution in [0.5, 0.6) is 5.75 Å². The molecular formula is C60H62N3OPt-. The van der Waals surface area contributed by atoms with Crippen molar-refractivity contribution in [2.75, 3.05) is 0 Å². The van der Waals surface area contributed by atoms with Crippen molar-refractivity contribution in [2.45, 2.75) is 117 Å². The van der Waals surface area contributed by atoms with Gasteiger partial charge in [-0.2, -0.15) is 0 Å². The fourth-order valence-corrected chi connectivity index (χ4v) is 9.40. The first kappa shape index (κ1) is 46.0. The molecule has 65 heavy (non-hydrogen) atoms. The molecule has 0 bridgehead atoms. The molecule has 1 saturated carbocycles. The number of aromatic hydroxyl groups is 1. The van der Waals surface area contributed by atoms with Crippen LogP contribution in [-0.2, 0) is 37.3 Å². The minimum atomic E-state index is -0.151. The third-order valence-corrected chi connectivity index (χ3v) is 13.4. The van der Waals surface area contributed by atoms with Crippen LogP contribution in [0, 0.1) is 6.07 Å². The second-order valence-corrected chi connectivity index (χ2v) is 21.1. The number of nitrogens with zero attached hydrogens (tertiary/aromatic N) is 3. The first-order chi connectivity index (χ1) is 30.5. The van der Waals surface area contributed by atoms with Crippen molar-refractivity contribution < 1.29 is 26.2 Å². The van der Waals surface area contributed by atoms with E-state index >= 15 is 0 Å². The topological polar surface area (TPSA) is 50.9 Å². The Bertz CT molecular complexity index is 2970. The Labute approximate surface area is 401 Å². The van der Waals surface area contributed by atoms with Crippen LogP contribution in [0.15, 0.2) is 140 Å². The molecule has 0 spiro atoms. The second kappa shape index (κ2) is 18.0. The predicted molar refractivity (Wildman–Crippen MR) is 268 cm³/mol. The number of aromatic nitrogens is 3. The molecule has 334 valence electrons. The minimum Gasteiger partial charge on any atom is -0.507 e. The number of benzene rings is 6. The van der Waals surface area contributed by atoms with Gasteiger partial charge in [-0.25, -0.2) is 4.98 Å². The van der Waals surface area contributed by atoms with Crippen molar-refractivity contribution in [1.29, 1.82) is 0 Å². The Morgan fingerprint density at radius 3 is 1.88 bits per heavy atom. The van der Waals surface area contributed by atoms with E-state index in [9.17, 15) is 5.11 Å². The molecule has 0 unspecified atom stereocenters. The molecule has 2 aromatic heterocycles. The standard InChI is InChI=1S/C60H62N3O.Pt/c1-58(2,3)46-27-29-53(50(37-46)42-19-14-11-15-20-42)63-54-22-16-21-49(56(54)62-57(63)51-38-47(59(4,5)6)28-30-55(51)64)44-33-45(35-48(34-44)60(7,8)9)52-36-43(31-32-61-52)41-25-23-40(24-26-41)39-17-12-10-13-18-39;/h11,14-16,19-32,34-39,64H,10,12-13,17-18H2,1-9H3;/q-1;. The van der Waals surface area contributed by atoms with Gasteiger partial charge in [0.05, 0.1) is 22.3 Å². The number of para-hydroxylation sites is 1. The van der Waals surface area contributed by atoms with Gasteiger partial charge in [0.25, 0.3) is 0 Å². The molecular weight excluding hydrogens is 974 g/mol. The first-order valence-electron chi connectivity index (χ1n) is 23.2. The summed E-state index contributed by atoms with van der Waals surface area (Å²) in [5.41, 5.74) is 16.4. The molecule has 4 nitrogen and oxygen atoms in total. The normalized spacial score (nSPS) is 13.8. The number of imidazole rings is 1. The van der Waals surface area contributed by atoms with E-state index in [1.54, 1.807) is 0 Å². The molecule has 9 rings (SSSR count). The quantitative estimate of drug-likeness (QED) is 0.162. The third kappa shape index (κ3) is 9.43. The monoisotopic (exact) mass is 1040 g/mol. The van der Waals surface area contributed by atoms with Crippen LogP contribution in [0.2, 0.25) is 0 Å². The summed E-state index contributed by atoms with van der Waals surface area (Å²) in [6, 6.07) is 51.8. The van der Waals surface area contributed by atoms with Crippen molar-refractivity contribution in [2.24, 2.45) is 0 Å². The molecule has 1 N–H and O–H groups in total. The van der Waals surface area contributed by atoms with Crippen molar-refractivity contribution in [3.8, 4) is 67.5 Å². The molecule has 1 aliphatic rings. The van der Waals surface area contributed by atoms with Crippen LogP contribution in [0.25, 0.3) is 72.7 Å². The summed E-state index contributed by atoms with van der Waals surface area (Å²) >= 11 is 0. The number of hydrogen-bond acceptors (Lipinski definition) is 3. The van der Waals surface area contributed by atoms with Gasteiger partial charge in [-0.1, -0.05) is 178 Å². The number of fused-ring (bicyclic) bond motifs is 1. The van der Waals surface area contributed by atoms with E-state index in [1.165, 1.54) is 54.4 Å². The van der Waals surface area contributed by atoms with Crippen molar-refractivity contribution >= 4 is 11.0 Å². The average Bonchev–Trinajstić information content (AvgIpc) is 3.68. The van der Waals surface area contributed by atoms with Crippen molar-refractivity contribution in [3.63, 3.8) is 0 Å². The summed E-state index contributed by atoms with van der Waals surface area (Å²) in [7, 11) is 0. The zero-order chi connectivity index (χ0) is 45.0. The summed E-state index contributed by atoms with van der Waals surface area (Å²) in [6.45, 7) is 20.2. The Balaban J connectivity index is 0.00000576. The Kier molecular flexibility index (Phi) is 12.7. The van der Waals surface area contributed by atoms with E-state index < -0.39 is 0 Å². The zero-order valence-corrected chi connectivity index (χ0v) is 41.8. The van der Waals surface area contributed by atoms with E-state index in [0.717, 1.165) is 61.4 Å². The third-order valence-electron chi connectivity index (χ3n) is 13.4. The SMILES string of the molecule is CC(C)(C)c1cc(-c2cc(-c3ccc(C4CCCCC4)cc3)ccn2)[c-]c(-c2cccc3c2nc(-c2cc(C(C)(C)C)ccc2O)n3-c2ccc(C(C)(C)C)cc2-c2ccccc2)c1.[Pt]. The molecule has 8 aromatic rings. The fraction of sp³-hybridized carbons (Fsp3) is 0.300. The molecule has 1 aliphatic carbocycles. The van der Waals surface area contributed by atoms with Gasteiger partial charge in [0.2, 0.25) is 0 Å². The summed E-state index contributed by atoms with van der Waals surface area (Å²) < 4.78 is 2.26. The van der Waals surface area contributed by atoms with Gasteiger partial charge in [0, 0.05) is 38.5 Å². The average molecular weight is 1040 g/mol. The zero-order valence-electron chi connectivity index (χ0n) is 39.5. The van der Waals surface area contributed by atoms with Crippen molar-refractivity contribution in [3.05, 3.63) is 168 Å². The van der Waals surface area contributed by atoms with E-state index in [-0.39, 0.29) is 43.1 Å². The van der Waals surface area contributed by atoms with E-state index in [2.05, 4.69) is 194 Å². The summed E-state index contributed by atoms with van der Waals surface area (Å²) in [5.74, 6) is 1.55. The van der Waals surface area contributed by atoms with E-state index in [4.69, 9.17) is 9.97 Å². The van der Waals surface area contributed by atoms with Gasteiger partial charge < -0.3 is 5.11 Å². The van der Waals surface area contributed by atoms with Gasteiger partial charge in [0.15, 0.2) is 0 Å². The smallest absolute Gasteiger partial charge is 0.148 e. The van der Waals surface area contributed by atoms with E-state index in [0.29, 0.717) is 17.3 Å². The first-order valence-corrected chi connectivity index (χ1v) is 23.2. The van der Waals surface area contributed by atoms with Crippen LogP contribution in [0.4, 0.5) is 0 Å². The molecule has 1 fully saturated rings. The number of phenolic OH excluding ortho intramolecular Hbond substituents is 1. The van der Waals surface area contributed by atoms with Crippen molar-refractivity contribution in [1.82, 2.24) is 14.5 Å². The number of pyridine rings is 1. The number of phenols is 1. The summed E-state index contributed by atoms with van der Waals surface area (Å²) in [5, 5.41) is 11.8. The number of hydrogen-bond donors (Lipinski definition) is 1. The van der Waals surface area contributed by atoms with Gasteiger partial charge in [-0.05, 0) is 105 Å². The Morgan fingerprint density at radius 1 is 0.554 bits per heavy atom. The van der Waals surface area contributed by atoms with Gasteiger partial charge in [0.1, 0.15) is 11.6 Å². The maximum atomic E-state index is 11.8. The van der Waals surface area contributed by atoms with E-state index in [1.807, 2.05) is 18.3 Å². The van der Waals surface area contributed by atoms with Crippen LogP contribution < -0.4 is 0 Å². The summed E-state index contributed by atoms with van der Waals surface area (Å²) in [6.07, 6.45) is 8.55. The van der Waals surface area contributed by atoms with Crippen LogP contribution in [-0.4, -0.2) is 19.6 Å². The summed E-state index contributed by atoms with van der Waals surface area (Å²) in [4.78, 5) is 10.5. The number of rotatable bonds is 7. The molecule has 0 radical (unpaired) electrons. The largest absolute Gasteiger partial charge is 0.507 e. The molecule has 0 saturated heterocycles. The molecule has 0 atom stereocenters. The van der Waals surface area contributed by atoms with Gasteiger partial charge in [-0.3, -0.25) is 9.55 Å². The Hall–Kier alpha value is -5.57. The van der Waals surface area contributed by atoms with Gasteiger partial charge >= 0.3 is 0 Å². The minimum absolute atomic E-state index is 0. The molecule has 5 heteroatoms. The second-order valence-electron chi connectivity index (χ2n) is 21.1. The van der Waals surface area contributed by atoms with Crippen LogP contribution in [0.3, 0.4) is 0 Å². The maximum Gasteiger partial charge on any atom is 0.148 e. The Morgan fingerprint density at radius 2 is 1.20 bits per heavy atom. The molecule has 0 amide bonds. The van der Waals surface area contributed by atoms with Gasteiger partial charge in [-0.15, -0.1) is 29.3 Å². The molecule has 2 heterocycles.